The van der Waals surface area contributed by atoms with Crippen molar-refractivity contribution in [3.05, 3.63) is 35.3 Å². The fourth-order valence-electron chi connectivity index (χ4n) is 3.73. The Morgan fingerprint density at radius 1 is 1.23 bits per heavy atom. The molecule has 1 amide bonds. The quantitative estimate of drug-likeness (QED) is 0.592. The molecule has 0 fully saturated rings. The summed E-state index contributed by atoms with van der Waals surface area (Å²) in [6.45, 7) is 14.7. The molecular weight excluding hydrogens is 399 g/mol. The number of benzene rings is 1. The lowest BCUT2D eigenvalue weighted by Gasteiger charge is -2.36. The van der Waals surface area contributed by atoms with Gasteiger partial charge >= 0.3 is 0 Å². The van der Waals surface area contributed by atoms with E-state index >= 15 is 0 Å². The van der Waals surface area contributed by atoms with E-state index in [1.54, 1.807) is 11.0 Å². The van der Waals surface area contributed by atoms with Gasteiger partial charge in [-0.05, 0) is 55.2 Å². The zero-order valence-corrected chi connectivity index (χ0v) is 20.0. The van der Waals surface area contributed by atoms with Crippen LogP contribution in [0.2, 0.25) is 18.1 Å². The van der Waals surface area contributed by atoms with Crippen LogP contribution in [-0.4, -0.2) is 49.2 Å². The number of ketones is 1. The molecule has 0 atom stereocenters. The highest BCUT2D eigenvalue weighted by atomic mass is 28.4. The molecule has 0 spiro atoms. The zero-order chi connectivity index (χ0) is 22.3. The van der Waals surface area contributed by atoms with E-state index in [0.29, 0.717) is 44.8 Å². The first-order chi connectivity index (χ1) is 13.9. The number of hydrogen-bond acceptors (Lipinski definition) is 3. The van der Waals surface area contributed by atoms with Gasteiger partial charge in [-0.3, -0.25) is 9.59 Å². The van der Waals surface area contributed by atoms with Gasteiger partial charge in [-0.25, -0.2) is 4.39 Å². The Morgan fingerprint density at radius 2 is 1.93 bits per heavy atom. The Morgan fingerprint density at radius 3 is 2.57 bits per heavy atom. The van der Waals surface area contributed by atoms with Gasteiger partial charge < -0.3 is 13.9 Å². The normalized spacial score (nSPS) is 15.0. The Hall–Kier alpha value is -1.99. The first-order valence-electron chi connectivity index (χ1n) is 10.7. The third-order valence-electron chi connectivity index (χ3n) is 6.57. The molecule has 3 rings (SSSR count). The van der Waals surface area contributed by atoms with E-state index < -0.39 is 8.32 Å². The largest absolute Gasteiger partial charge is 0.416 e. The standard InChI is InChI=1S/C23H33FN2O3Si/c1-16(27)9-11-25-12-13-26-20-8-7-17(24)15-19(20)18(21(26)22(25)28)10-14-29-30(5,6)23(2,3)4/h7-8,15H,9-14H2,1-6H3. The summed E-state index contributed by atoms with van der Waals surface area (Å²) in [6.07, 6.45) is 0.908. The molecule has 0 saturated carbocycles. The molecule has 0 saturated heterocycles. The first kappa shape index (κ1) is 22.7. The van der Waals surface area contributed by atoms with E-state index in [9.17, 15) is 14.0 Å². The van der Waals surface area contributed by atoms with Gasteiger partial charge in [0.05, 0.1) is 0 Å². The van der Waals surface area contributed by atoms with Crippen molar-refractivity contribution in [3.63, 3.8) is 0 Å². The van der Waals surface area contributed by atoms with Gasteiger partial charge in [0.15, 0.2) is 8.32 Å². The molecule has 0 aliphatic carbocycles. The molecule has 164 valence electrons. The van der Waals surface area contributed by atoms with Gasteiger partial charge in [0.2, 0.25) is 0 Å². The van der Waals surface area contributed by atoms with E-state index in [-0.39, 0.29) is 22.5 Å². The minimum atomic E-state index is -1.92. The first-order valence-corrected chi connectivity index (χ1v) is 13.6. The second-order valence-electron chi connectivity index (χ2n) is 9.74. The molecule has 2 aromatic rings. The van der Waals surface area contributed by atoms with E-state index in [4.69, 9.17) is 4.43 Å². The van der Waals surface area contributed by atoms with Gasteiger partial charge in [-0.15, -0.1) is 0 Å². The van der Waals surface area contributed by atoms with Crippen LogP contribution in [0.5, 0.6) is 0 Å². The maximum absolute atomic E-state index is 14.1. The van der Waals surface area contributed by atoms with E-state index in [1.165, 1.54) is 19.1 Å². The molecule has 1 aromatic heterocycles. The van der Waals surface area contributed by atoms with Crippen molar-refractivity contribution in [3.8, 4) is 0 Å². The van der Waals surface area contributed by atoms with Crippen LogP contribution in [0, 0.1) is 5.82 Å². The van der Waals surface area contributed by atoms with E-state index in [2.05, 4.69) is 33.9 Å². The predicted octanol–water partition coefficient (Wildman–Crippen LogP) is 4.78. The summed E-state index contributed by atoms with van der Waals surface area (Å²) < 4.78 is 22.4. The molecule has 1 aromatic carbocycles. The van der Waals surface area contributed by atoms with Crippen molar-refractivity contribution < 1.29 is 18.4 Å². The maximum Gasteiger partial charge on any atom is 0.270 e. The second-order valence-corrected chi connectivity index (χ2v) is 14.6. The monoisotopic (exact) mass is 432 g/mol. The summed E-state index contributed by atoms with van der Waals surface area (Å²) >= 11 is 0. The van der Waals surface area contributed by atoms with Crippen LogP contribution in [0.1, 0.15) is 50.2 Å². The summed E-state index contributed by atoms with van der Waals surface area (Å²) in [7, 11) is -1.92. The lowest BCUT2D eigenvalue weighted by molar-refractivity contribution is -0.117. The molecule has 0 unspecified atom stereocenters. The Bertz CT molecular complexity index is 975. The highest BCUT2D eigenvalue weighted by molar-refractivity contribution is 6.74. The number of fused-ring (bicyclic) bond motifs is 3. The van der Waals surface area contributed by atoms with Crippen LogP contribution in [0.15, 0.2) is 18.2 Å². The third-order valence-corrected chi connectivity index (χ3v) is 11.1. The number of hydrogen-bond donors (Lipinski definition) is 0. The fraction of sp³-hybridized carbons (Fsp3) is 0.565. The number of Topliss-reactive ketones (excluding diaryl/α,β-unsaturated/α-hetero) is 1. The Balaban J connectivity index is 1.94. The number of nitrogens with zero attached hydrogens (tertiary/aromatic N) is 2. The highest BCUT2D eigenvalue weighted by Crippen LogP contribution is 2.37. The number of aromatic nitrogens is 1. The van der Waals surface area contributed by atoms with Gasteiger partial charge in [-0.2, -0.15) is 0 Å². The van der Waals surface area contributed by atoms with Gasteiger partial charge in [0, 0.05) is 43.6 Å². The summed E-state index contributed by atoms with van der Waals surface area (Å²) in [4.78, 5) is 26.4. The second kappa shape index (κ2) is 8.27. The summed E-state index contributed by atoms with van der Waals surface area (Å²) in [6, 6.07) is 4.72. The van der Waals surface area contributed by atoms with Gasteiger partial charge in [0.25, 0.3) is 5.91 Å². The lowest BCUT2D eigenvalue weighted by Crippen LogP contribution is -2.42. The average molecular weight is 433 g/mol. The maximum atomic E-state index is 14.1. The minimum absolute atomic E-state index is 0.0685. The molecular formula is C23H33FN2O3Si. The third kappa shape index (κ3) is 4.37. The van der Waals surface area contributed by atoms with Crippen LogP contribution in [0.25, 0.3) is 10.9 Å². The Kier molecular flexibility index (Phi) is 6.25. The highest BCUT2D eigenvalue weighted by Gasteiger charge is 2.37. The molecule has 5 nitrogen and oxygen atoms in total. The van der Waals surface area contributed by atoms with Crippen molar-refractivity contribution in [1.29, 1.82) is 0 Å². The predicted molar refractivity (Wildman–Crippen MR) is 120 cm³/mol. The molecule has 0 radical (unpaired) electrons. The molecule has 30 heavy (non-hydrogen) atoms. The van der Waals surface area contributed by atoms with Crippen molar-refractivity contribution >= 4 is 30.9 Å². The number of amides is 1. The average Bonchev–Trinajstić information content (AvgIpc) is 2.94. The van der Waals surface area contributed by atoms with E-state index in [0.717, 1.165) is 16.5 Å². The SMILES string of the molecule is CC(=O)CCN1CCn2c(c(CCO[Si](C)(C)C(C)(C)C)c3cc(F)ccc32)C1=O. The molecule has 7 heteroatoms. The number of carbonyl (C=O) groups is 2. The summed E-state index contributed by atoms with van der Waals surface area (Å²) in [5.74, 6) is -0.321. The van der Waals surface area contributed by atoms with Crippen LogP contribution in [0.3, 0.4) is 0 Å². The molecule has 0 N–H and O–H groups in total. The van der Waals surface area contributed by atoms with Crippen molar-refractivity contribution in [1.82, 2.24) is 9.47 Å². The van der Waals surface area contributed by atoms with Crippen LogP contribution >= 0.6 is 0 Å². The molecule has 1 aliphatic heterocycles. The van der Waals surface area contributed by atoms with Crippen molar-refractivity contribution in [2.75, 3.05) is 19.7 Å². The number of halogens is 1. The van der Waals surface area contributed by atoms with Crippen molar-refractivity contribution in [2.45, 2.75) is 65.2 Å². The minimum Gasteiger partial charge on any atom is -0.416 e. The smallest absolute Gasteiger partial charge is 0.270 e. The van der Waals surface area contributed by atoms with Crippen molar-refractivity contribution in [2.24, 2.45) is 0 Å². The topological polar surface area (TPSA) is 51.5 Å². The Labute approximate surface area is 179 Å². The van der Waals surface area contributed by atoms with Crippen LogP contribution in [0.4, 0.5) is 4.39 Å². The number of rotatable bonds is 7. The number of carbonyl (C=O) groups excluding carboxylic acids is 2. The lowest BCUT2D eigenvalue weighted by atomic mass is 10.1. The molecule has 2 heterocycles. The van der Waals surface area contributed by atoms with E-state index in [1.807, 2.05) is 4.57 Å². The van der Waals surface area contributed by atoms with Gasteiger partial charge in [-0.1, -0.05) is 20.8 Å². The fourth-order valence-corrected chi connectivity index (χ4v) is 4.77. The van der Waals surface area contributed by atoms with Crippen LogP contribution in [-0.2, 0) is 22.2 Å². The van der Waals surface area contributed by atoms with Crippen LogP contribution < -0.4 is 0 Å². The molecule has 1 aliphatic rings. The summed E-state index contributed by atoms with van der Waals surface area (Å²) in [5, 5.41) is 0.881. The molecule has 0 bridgehead atoms. The zero-order valence-electron chi connectivity index (χ0n) is 19.0. The summed E-state index contributed by atoms with van der Waals surface area (Å²) in [5.41, 5.74) is 2.35. The van der Waals surface area contributed by atoms with Gasteiger partial charge in [0.1, 0.15) is 17.3 Å².